The third-order valence-electron chi connectivity index (χ3n) is 8.95. The third kappa shape index (κ3) is 6.75. The normalized spacial score (nSPS) is 34.3. The van der Waals surface area contributed by atoms with Crippen LogP contribution in [0.4, 0.5) is 0 Å². The molecule has 1 N–H and O–H groups in total. The number of allylic oxidation sites excluding steroid dienone is 3. The first-order chi connectivity index (χ1) is 19.8. The molecule has 0 spiro atoms. The first kappa shape index (κ1) is 32.6. The zero-order valence-corrected chi connectivity index (χ0v) is 27.4. The molecule has 0 amide bonds. The van der Waals surface area contributed by atoms with Crippen molar-refractivity contribution in [3.05, 3.63) is 46.8 Å². The molecule has 1 aromatic carbocycles. The number of methoxy groups -OCH3 is 2. The quantitative estimate of drug-likeness (QED) is 0.286. The van der Waals surface area contributed by atoms with Crippen LogP contribution >= 0.6 is 0 Å². The second kappa shape index (κ2) is 13.1. The zero-order valence-electron chi connectivity index (χ0n) is 27.4. The van der Waals surface area contributed by atoms with Crippen molar-refractivity contribution < 1.29 is 33.2 Å². The van der Waals surface area contributed by atoms with Gasteiger partial charge in [0.05, 0.1) is 25.4 Å². The van der Waals surface area contributed by atoms with Gasteiger partial charge in [-0.15, -0.1) is 0 Å². The second-order valence-corrected chi connectivity index (χ2v) is 13.3. The van der Waals surface area contributed by atoms with E-state index in [4.69, 9.17) is 28.1 Å². The molecule has 1 aromatic heterocycles. The van der Waals surface area contributed by atoms with Crippen LogP contribution in [-0.4, -0.2) is 44.1 Å². The monoisotopic (exact) mass is 584 g/mol. The van der Waals surface area contributed by atoms with Gasteiger partial charge in [-0.25, -0.2) is 0 Å². The van der Waals surface area contributed by atoms with Crippen molar-refractivity contribution in [3.8, 4) is 11.5 Å². The summed E-state index contributed by atoms with van der Waals surface area (Å²) in [5, 5.41) is 13.1. The van der Waals surface area contributed by atoms with Crippen LogP contribution in [0.5, 0.6) is 11.5 Å². The molecule has 0 unspecified atom stereocenters. The van der Waals surface area contributed by atoms with Gasteiger partial charge in [-0.1, -0.05) is 58.4 Å². The smallest absolute Gasteiger partial charge is 0.188 e. The van der Waals surface area contributed by atoms with Crippen molar-refractivity contribution in [2.75, 3.05) is 21.0 Å². The molecule has 2 aromatic rings. The Labute approximate surface area is 252 Å². The van der Waals surface area contributed by atoms with Crippen molar-refractivity contribution in [1.29, 1.82) is 0 Å². The molecule has 42 heavy (non-hydrogen) atoms. The van der Waals surface area contributed by atoms with E-state index in [-0.39, 0.29) is 42.7 Å². The number of hydrogen-bond acceptors (Lipinski definition) is 7. The van der Waals surface area contributed by atoms with Crippen LogP contribution in [0.3, 0.4) is 0 Å². The van der Waals surface area contributed by atoms with Crippen molar-refractivity contribution in [2.24, 2.45) is 23.7 Å². The highest BCUT2D eigenvalue weighted by Gasteiger charge is 2.45. The molecular formula is C35H52O7. The Morgan fingerprint density at radius 2 is 1.69 bits per heavy atom. The van der Waals surface area contributed by atoms with E-state index < -0.39 is 11.9 Å². The van der Waals surface area contributed by atoms with E-state index in [0.29, 0.717) is 28.6 Å². The standard InChI is InChI=1S/C35H52O7/c1-19-12-13-27-23(5)31(42-35(8,9)41-27)24(6)30(36)29-26-17-28(22(4)16-21(3)15-20(2)14-19)40-32(26)25(7)33(38-11)34(29)39-18-37-10/h12-14,17,19,21-24,27,30-31,36H,15-16,18H2,1-11H3/b13-12+,20-14+/t19-,21+,22-,23-,24-,27+,30-,31-/m0/s1. The molecule has 234 valence electrons. The number of aryl methyl sites for hydroxylation is 1. The summed E-state index contributed by atoms with van der Waals surface area (Å²) in [6.45, 7) is 19.0. The van der Waals surface area contributed by atoms with E-state index in [9.17, 15) is 5.11 Å². The largest absolute Gasteiger partial charge is 0.492 e. The maximum absolute atomic E-state index is 12.2. The van der Waals surface area contributed by atoms with Crippen molar-refractivity contribution in [2.45, 2.75) is 105 Å². The highest BCUT2D eigenvalue weighted by atomic mass is 16.7. The highest BCUT2D eigenvalue weighted by Crippen LogP contribution is 2.50. The van der Waals surface area contributed by atoms with Gasteiger partial charge < -0.3 is 33.2 Å². The number of aliphatic hydroxyl groups excluding tert-OH is 1. The van der Waals surface area contributed by atoms with Gasteiger partial charge in [-0.3, -0.25) is 0 Å². The molecule has 8 atom stereocenters. The van der Waals surface area contributed by atoms with Gasteiger partial charge in [-0.2, -0.15) is 0 Å². The van der Waals surface area contributed by atoms with Crippen LogP contribution < -0.4 is 9.47 Å². The predicted molar refractivity (Wildman–Crippen MR) is 166 cm³/mol. The maximum atomic E-state index is 12.2. The zero-order chi connectivity index (χ0) is 30.9. The second-order valence-electron chi connectivity index (χ2n) is 13.3. The first-order valence-electron chi connectivity index (χ1n) is 15.4. The summed E-state index contributed by atoms with van der Waals surface area (Å²) in [6, 6.07) is 2.09. The lowest BCUT2D eigenvalue weighted by Crippen LogP contribution is -2.52. The van der Waals surface area contributed by atoms with Crippen LogP contribution in [0, 0.1) is 30.6 Å². The maximum Gasteiger partial charge on any atom is 0.188 e. The molecule has 1 fully saturated rings. The lowest BCUT2D eigenvalue weighted by molar-refractivity contribution is -0.321. The molecule has 7 nitrogen and oxygen atoms in total. The Kier molecular flexibility index (Phi) is 10.2. The molecule has 2 heterocycles. The summed E-state index contributed by atoms with van der Waals surface area (Å²) >= 11 is 0. The minimum absolute atomic E-state index is 0.0128. The Morgan fingerprint density at radius 1 is 0.976 bits per heavy atom. The molecule has 4 bridgehead atoms. The van der Waals surface area contributed by atoms with Crippen molar-refractivity contribution >= 4 is 11.0 Å². The Hall–Kier alpha value is -2.32. The van der Waals surface area contributed by atoms with Crippen LogP contribution in [0.15, 0.2) is 34.3 Å². The van der Waals surface area contributed by atoms with Gasteiger partial charge in [0.15, 0.2) is 24.1 Å². The van der Waals surface area contributed by atoms with Gasteiger partial charge in [0.1, 0.15) is 11.3 Å². The predicted octanol–water partition coefficient (Wildman–Crippen LogP) is 8.23. The molecule has 2 aliphatic rings. The Morgan fingerprint density at radius 3 is 2.36 bits per heavy atom. The topological polar surface area (TPSA) is 79.5 Å². The average Bonchev–Trinajstić information content (AvgIpc) is 3.36. The van der Waals surface area contributed by atoms with Gasteiger partial charge >= 0.3 is 0 Å². The van der Waals surface area contributed by atoms with Gasteiger partial charge in [0.2, 0.25) is 0 Å². The summed E-state index contributed by atoms with van der Waals surface area (Å²) in [6.07, 6.45) is 7.35. The van der Waals surface area contributed by atoms with Crippen molar-refractivity contribution in [3.63, 3.8) is 0 Å². The molecule has 1 saturated heterocycles. The average molecular weight is 585 g/mol. The van der Waals surface area contributed by atoms with E-state index in [1.54, 1.807) is 14.2 Å². The van der Waals surface area contributed by atoms with Crippen LogP contribution in [0.2, 0.25) is 0 Å². The molecule has 1 aliphatic heterocycles. The summed E-state index contributed by atoms with van der Waals surface area (Å²) < 4.78 is 36.8. The van der Waals surface area contributed by atoms with E-state index in [1.165, 1.54) is 5.57 Å². The number of hydrogen-bond donors (Lipinski definition) is 1. The highest BCUT2D eigenvalue weighted by molar-refractivity contribution is 5.90. The Bertz CT molecular complexity index is 1290. The Balaban J connectivity index is 1.94. The van der Waals surface area contributed by atoms with Gasteiger partial charge in [0.25, 0.3) is 0 Å². The summed E-state index contributed by atoms with van der Waals surface area (Å²) in [7, 11) is 3.19. The molecule has 0 radical (unpaired) electrons. The third-order valence-corrected chi connectivity index (χ3v) is 8.95. The van der Waals surface area contributed by atoms with Crippen LogP contribution in [-0.2, 0) is 14.2 Å². The fourth-order valence-electron chi connectivity index (χ4n) is 6.99. The number of rotatable bonds is 4. The number of ether oxygens (including phenoxy) is 5. The molecular weight excluding hydrogens is 532 g/mol. The fraction of sp³-hybridized carbons (Fsp3) is 0.657. The van der Waals surface area contributed by atoms with E-state index in [2.05, 4.69) is 58.9 Å². The number of aliphatic hydroxyl groups is 1. The number of benzene rings is 1. The summed E-state index contributed by atoms with van der Waals surface area (Å²) in [5.41, 5.74) is 3.55. The lowest BCUT2D eigenvalue weighted by atomic mass is 9.81. The summed E-state index contributed by atoms with van der Waals surface area (Å²) in [4.78, 5) is 0. The SMILES string of the molecule is COCOc1c(OC)c(C)c2oc3cc2c1[C@@H](O)[C@H](C)[C@H]1OC(C)(C)O[C@H](/C=C/[C@H](C)/C=C(\C)C[C@@H](C)C[C@@H]3C)[C@@H]1C. The molecule has 1 aliphatic carbocycles. The number of furan rings is 1. The van der Waals surface area contributed by atoms with Gasteiger partial charge in [-0.05, 0) is 58.4 Å². The lowest BCUT2D eigenvalue weighted by Gasteiger charge is -2.47. The van der Waals surface area contributed by atoms with E-state index in [0.717, 1.165) is 29.6 Å². The van der Waals surface area contributed by atoms with Crippen LogP contribution in [0.1, 0.15) is 97.1 Å². The van der Waals surface area contributed by atoms with Crippen molar-refractivity contribution in [1.82, 2.24) is 0 Å². The van der Waals surface area contributed by atoms with E-state index in [1.807, 2.05) is 27.7 Å². The van der Waals surface area contributed by atoms with E-state index >= 15 is 0 Å². The van der Waals surface area contributed by atoms with Crippen LogP contribution in [0.25, 0.3) is 11.0 Å². The molecule has 7 heteroatoms. The molecule has 0 saturated carbocycles. The summed E-state index contributed by atoms with van der Waals surface area (Å²) in [5.74, 6) is 1.69. The minimum Gasteiger partial charge on any atom is -0.492 e. The van der Waals surface area contributed by atoms with Gasteiger partial charge in [0, 0.05) is 41.4 Å². The molecule has 4 rings (SSSR count). The fourth-order valence-corrected chi connectivity index (χ4v) is 6.99. The number of fused-ring (bicyclic) bond motifs is 3. The minimum atomic E-state index is -0.942. The first-order valence-corrected chi connectivity index (χ1v) is 15.4.